The number of carbonyl (C=O) groups excluding carboxylic acids is 1. The van der Waals surface area contributed by atoms with Crippen LogP contribution in [0.4, 0.5) is 0 Å². The molecule has 2 rings (SSSR count). The topological polar surface area (TPSA) is 70.0 Å². The molecular formula is C18H18N2O2S. The van der Waals surface area contributed by atoms with Crippen molar-refractivity contribution >= 4 is 16.7 Å². The lowest BCUT2D eigenvalue weighted by atomic mass is 10.1. The molecule has 2 aromatic carbocycles. The molecule has 5 heteroatoms. The highest BCUT2D eigenvalue weighted by molar-refractivity contribution is 7.84. The zero-order chi connectivity index (χ0) is 16.5. The Labute approximate surface area is 138 Å². The van der Waals surface area contributed by atoms with Gasteiger partial charge in [0.05, 0.1) is 12.5 Å². The molecule has 0 saturated heterocycles. The number of benzene rings is 2. The first-order valence-corrected chi connectivity index (χ1v) is 8.81. The summed E-state index contributed by atoms with van der Waals surface area (Å²) in [4.78, 5) is 12.0. The van der Waals surface area contributed by atoms with Crippen LogP contribution in [-0.2, 0) is 23.0 Å². The first kappa shape index (κ1) is 16.9. The fraction of sp³-hybridized carbons (Fsp3) is 0.222. The zero-order valence-electron chi connectivity index (χ0n) is 12.7. The third-order valence-electron chi connectivity index (χ3n) is 3.26. The molecule has 1 atom stereocenters. The molecular weight excluding hydrogens is 308 g/mol. The Morgan fingerprint density at radius 3 is 2.57 bits per heavy atom. The number of rotatable bonds is 7. The van der Waals surface area contributed by atoms with E-state index in [0.717, 1.165) is 11.1 Å². The average Bonchev–Trinajstić information content (AvgIpc) is 2.56. The van der Waals surface area contributed by atoms with Crippen molar-refractivity contribution in [1.82, 2.24) is 5.32 Å². The van der Waals surface area contributed by atoms with Crippen LogP contribution in [0.3, 0.4) is 0 Å². The number of nitrogens with one attached hydrogen (secondary N) is 1. The quantitative estimate of drug-likeness (QED) is 0.849. The van der Waals surface area contributed by atoms with Crippen LogP contribution in [0.5, 0.6) is 0 Å². The predicted molar refractivity (Wildman–Crippen MR) is 91.2 cm³/mol. The average molecular weight is 326 g/mol. The van der Waals surface area contributed by atoms with Crippen LogP contribution in [0.25, 0.3) is 0 Å². The maximum Gasteiger partial charge on any atom is 0.251 e. The van der Waals surface area contributed by atoms with Crippen molar-refractivity contribution < 1.29 is 9.00 Å². The normalized spacial score (nSPS) is 11.4. The van der Waals surface area contributed by atoms with Crippen LogP contribution in [-0.4, -0.2) is 22.4 Å². The fourth-order valence-corrected chi connectivity index (χ4v) is 3.16. The monoisotopic (exact) mass is 326 g/mol. The van der Waals surface area contributed by atoms with E-state index in [9.17, 15) is 9.00 Å². The molecule has 0 aromatic heterocycles. The van der Waals surface area contributed by atoms with Gasteiger partial charge in [0.1, 0.15) is 0 Å². The molecule has 0 fully saturated rings. The van der Waals surface area contributed by atoms with E-state index in [2.05, 4.69) is 11.4 Å². The van der Waals surface area contributed by atoms with E-state index in [1.54, 1.807) is 18.2 Å². The van der Waals surface area contributed by atoms with Gasteiger partial charge >= 0.3 is 0 Å². The lowest BCUT2D eigenvalue weighted by Gasteiger charge is -2.06. The van der Waals surface area contributed by atoms with Crippen LogP contribution in [0, 0.1) is 11.3 Å². The van der Waals surface area contributed by atoms with Gasteiger partial charge in [0.25, 0.3) is 5.91 Å². The summed E-state index contributed by atoms with van der Waals surface area (Å²) in [5.74, 6) is 0.703. The SMILES string of the molecule is N#CCc1cccc(C(=O)NCC[S@@](=O)Cc2ccccc2)c1. The molecule has 1 N–H and O–H groups in total. The summed E-state index contributed by atoms with van der Waals surface area (Å²) < 4.78 is 12.0. The number of hydrogen-bond acceptors (Lipinski definition) is 3. The molecule has 23 heavy (non-hydrogen) atoms. The molecule has 4 nitrogen and oxygen atoms in total. The Hall–Kier alpha value is -2.45. The van der Waals surface area contributed by atoms with E-state index in [-0.39, 0.29) is 12.3 Å². The molecule has 0 heterocycles. The first-order chi connectivity index (χ1) is 11.2. The summed E-state index contributed by atoms with van der Waals surface area (Å²) in [7, 11) is -1.01. The standard InChI is InChI=1S/C18H18N2O2S/c19-10-9-15-7-4-8-17(13-15)18(21)20-11-12-23(22)14-16-5-2-1-3-6-16/h1-8,13H,9,11-12,14H2,(H,20,21)/t23-/m1/s1. The molecule has 2 aromatic rings. The van der Waals surface area contributed by atoms with E-state index >= 15 is 0 Å². The number of nitriles is 1. The zero-order valence-corrected chi connectivity index (χ0v) is 13.5. The minimum absolute atomic E-state index is 0.207. The molecule has 0 spiro atoms. The van der Waals surface area contributed by atoms with E-state index in [4.69, 9.17) is 5.26 Å². The Kier molecular flexibility index (Phi) is 6.52. The van der Waals surface area contributed by atoms with E-state index < -0.39 is 10.8 Å². The Morgan fingerprint density at radius 1 is 1.09 bits per heavy atom. The van der Waals surface area contributed by atoms with E-state index in [1.165, 1.54) is 0 Å². The lowest BCUT2D eigenvalue weighted by molar-refractivity contribution is 0.0956. The summed E-state index contributed by atoms with van der Waals surface area (Å²) in [6, 6.07) is 18.7. The van der Waals surface area contributed by atoms with E-state index in [0.29, 0.717) is 23.6 Å². The molecule has 0 unspecified atom stereocenters. The first-order valence-electron chi connectivity index (χ1n) is 7.32. The van der Waals surface area contributed by atoms with E-state index in [1.807, 2.05) is 36.4 Å². The molecule has 0 bridgehead atoms. The van der Waals surface area contributed by atoms with Crippen LogP contribution >= 0.6 is 0 Å². The van der Waals surface area contributed by atoms with Crippen LogP contribution < -0.4 is 5.32 Å². The molecule has 0 aliphatic carbocycles. The van der Waals surface area contributed by atoms with Gasteiger partial charge < -0.3 is 5.32 Å². The maximum atomic E-state index is 12.0. The van der Waals surface area contributed by atoms with Crippen molar-refractivity contribution in [1.29, 1.82) is 5.26 Å². The van der Waals surface area contributed by atoms with Gasteiger partial charge in [0, 0.05) is 34.4 Å². The Morgan fingerprint density at radius 2 is 1.83 bits per heavy atom. The van der Waals surface area contributed by atoms with Gasteiger partial charge in [-0.2, -0.15) is 5.26 Å². The van der Waals surface area contributed by atoms with Crippen molar-refractivity contribution in [2.75, 3.05) is 12.3 Å². The second kappa shape index (κ2) is 8.86. The van der Waals surface area contributed by atoms with Crippen molar-refractivity contribution in [3.8, 4) is 6.07 Å². The van der Waals surface area contributed by atoms with Crippen LogP contribution in [0.1, 0.15) is 21.5 Å². The fourth-order valence-electron chi connectivity index (χ4n) is 2.13. The third kappa shape index (κ3) is 5.68. The summed E-state index contributed by atoms with van der Waals surface area (Å²) in [6.07, 6.45) is 0.280. The highest BCUT2D eigenvalue weighted by atomic mass is 32.2. The van der Waals surface area contributed by atoms with Gasteiger partial charge in [-0.15, -0.1) is 0 Å². The minimum atomic E-state index is -1.01. The molecule has 0 aliphatic rings. The number of hydrogen-bond donors (Lipinski definition) is 1. The van der Waals surface area contributed by atoms with Crippen molar-refractivity contribution in [2.24, 2.45) is 0 Å². The van der Waals surface area contributed by atoms with Crippen molar-refractivity contribution in [3.63, 3.8) is 0 Å². The highest BCUT2D eigenvalue weighted by Crippen LogP contribution is 2.06. The second-order valence-electron chi connectivity index (χ2n) is 5.07. The van der Waals surface area contributed by atoms with Gasteiger partial charge in [-0.25, -0.2) is 0 Å². The van der Waals surface area contributed by atoms with Crippen LogP contribution in [0.2, 0.25) is 0 Å². The number of nitrogens with zero attached hydrogens (tertiary/aromatic N) is 1. The molecule has 118 valence electrons. The third-order valence-corrected chi connectivity index (χ3v) is 4.57. The number of amides is 1. The Balaban J connectivity index is 1.79. The largest absolute Gasteiger partial charge is 0.351 e. The van der Waals surface area contributed by atoms with Crippen LogP contribution in [0.15, 0.2) is 54.6 Å². The van der Waals surface area contributed by atoms with Gasteiger partial charge in [0.2, 0.25) is 0 Å². The van der Waals surface area contributed by atoms with Gasteiger partial charge in [0.15, 0.2) is 0 Å². The molecule has 1 amide bonds. The smallest absolute Gasteiger partial charge is 0.251 e. The van der Waals surface area contributed by atoms with Gasteiger partial charge in [-0.3, -0.25) is 9.00 Å². The molecule has 0 aliphatic heterocycles. The van der Waals surface area contributed by atoms with Gasteiger partial charge in [-0.1, -0.05) is 42.5 Å². The summed E-state index contributed by atoms with van der Waals surface area (Å²) in [5.41, 5.74) is 2.36. The lowest BCUT2D eigenvalue weighted by Crippen LogP contribution is -2.28. The predicted octanol–water partition coefficient (Wildman–Crippen LogP) is 2.43. The Bertz CT molecular complexity index is 723. The molecule has 0 radical (unpaired) electrons. The number of carbonyl (C=O) groups is 1. The summed E-state index contributed by atoms with van der Waals surface area (Å²) in [6.45, 7) is 0.362. The minimum Gasteiger partial charge on any atom is -0.351 e. The molecule has 0 saturated carbocycles. The van der Waals surface area contributed by atoms with Crippen molar-refractivity contribution in [3.05, 3.63) is 71.3 Å². The van der Waals surface area contributed by atoms with Gasteiger partial charge in [-0.05, 0) is 23.3 Å². The maximum absolute atomic E-state index is 12.0. The summed E-state index contributed by atoms with van der Waals surface area (Å²) >= 11 is 0. The second-order valence-corrected chi connectivity index (χ2v) is 6.64. The summed E-state index contributed by atoms with van der Waals surface area (Å²) in [5, 5.41) is 11.5. The highest BCUT2D eigenvalue weighted by Gasteiger charge is 2.07. The van der Waals surface area contributed by atoms with Crippen molar-refractivity contribution in [2.45, 2.75) is 12.2 Å².